The van der Waals surface area contributed by atoms with Gasteiger partial charge in [-0.2, -0.15) is 0 Å². The van der Waals surface area contributed by atoms with Gasteiger partial charge in [0.15, 0.2) is 0 Å². The van der Waals surface area contributed by atoms with Crippen LogP contribution in [0.15, 0.2) is 12.2 Å². The average molecular weight is 390 g/mol. The van der Waals surface area contributed by atoms with E-state index in [0.29, 0.717) is 0 Å². The molecule has 0 radical (unpaired) electrons. The highest BCUT2D eigenvalue weighted by atomic mass is 16.4. The number of carboxylic acid groups (broad SMARTS) is 2. The van der Waals surface area contributed by atoms with Gasteiger partial charge in [-0.15, -0.1) is 0 Å². The van der Waals surface area contributed by atoms with Crippen molar-refractivity contribution in [3.8, 4) is 0 Å². The number of carboxylic acids is 2. The number of allylic oxidation sites excluding steroid dienone is 2. The van der Waals surface area contributed by atoms with Gasteiger partial charge in [0, 0.05) is 24.9 Å². The van der Waals surface area contributed by atoms with Gasteiger partial charge in [0.1, 0.15) is 0 Å². The van der Waals surface area contributed by atoms with E-state index in [0.717, 1.165) is 9.80 Å². The van der Waals surface area contributed by atoms with Crippen LogP contribution in [0.1, 0.15) is 12.8 Å². The van der Waals surface area contributed by atoms with E-state index in [1.54, 1.807) is 12.2 Å². The third-order valence-electron chi connectivity index (χ3n) is 6.29. The van der Waals surface area contributed by atoms with E-state index in [4.69, 9.17) is 10.2 Å². The molecule has 2 N–H and O–H groups in total. The van der Waals surface area contributed by atoms with E-state index in [1.165, 1.54) is 0 Å². The molecule has 0 spiro atoms. The number of hydrogen-bond donors (Lipinski definition) is 2. The Kier molecular flexibility index (Phi) is 4.09. The van der Waals surface area contributed by atoms with Gasteiger partial charge >= 0.3 is 11.9 Å². The van der Waals surface area contributed by atoms with Crippen LogP contribution in [-0.4, -0.2) is 68.7 Å². The Morgan fingerprint density at radius 3 is 1.21 bits per heavy atom. The zero-order valence-electron chi connectivity index (χ0n) is 14.7. The highest BCUT2D eigenvalue weighted by Crippen LogP contribution is 2.57. The van der Waals surface area contributed by atoms with Gasteiger partial charge in [-0.1, -0.05) is 12.2 Å². The second-order valence-corrected chi connectivity index (χ2v) is 7.59. The summed E-state index contributed by atoms with van der Waals surface area (Å²) in [4.78, 5) is 74.8. The van der Waals surface area contributed by atoms with Crippen molar-refractivity contribution in [3.05, 3.63) is 12.2 Å². The van der Waals surface area contributed by atoms with Gasteiger partial charge in [0.25, 0.3) is 0 Å². The molecule has 3 fully saturated rings. The Morgan fingerprint density at radius 1 is 0.679 bits per heavy atom. The number of imide groups is 2. The van der Waals surface area contributed by atoms with Crippen LogP contribution in [-0.2, 0) is 28.8 Å². The van der Waals surface area contributed by atoms with E-state index in [-0.39, 0.29) is 25.9 Å². The fourth-order valence-corrected chi connectivity index (χ4v) is 5.21. The molecule has 28 heavy (non-hydrogen) atoms. The standard InChI is InChI=1S/C18H18N2O8/c21-9(22)3-5-19-15(25)11-7-1-2-8(13(11)17(19)27)14-12(7)16(26)20(18(14)28)6-4-10(23)24/h1-2,7-8,11-14H,3-6H2,(H,21,22)(H,23,24)/t7?,8?,11-,12-,13-,14-/m1/s1. The molecule has 1 saturated carbocycles. The molecule has 10 nitrogen and oxygen atoms in total. The Morgan fingerprint density at radius 2 is 0.964 bits per heavy atom. The number of carbonyl (C=O) groups excluding carboxylic acids is 4. The Hall–Kier alpha value is -3.04. The lowest BCUT2D eigenvalue weighted by molar-refractivity contribution is -0.143. The second-order valence-electron chi connectivity index (χ2n) is 7.59. The maximum Gasteiger partial charge on any atom is 0.305 e. The minimum absolute atomic E-state index is 0.235. The summed E-state index contributed by atoms with van der Waals surface area (Å²) in [6.07, 6.45) is 2.66. The molecule has 0 aromatic rings. The molecule has 2 aliphatic heterocycles. The lowest BCUT2D eigenvalue weighted by Crippen LogP contribution is -2.50. The minimum atomic E-state index is -1.13. The predicted molar refractivity (Wildman–Crippen MR) is 88.0 cm³/mol. The van der Waals surface area contributed by atoms with Gasteiger partial charge in [-0.25, -0.2) is 0 Å². The van der Waals surface area contributed by atoms with Crippen molar-refractivity contribution < 1.29 is 39.0 Å². The summed E-state index contributed by atoms with van der Waals surface area (Å²) in [5.41, 5.74) is 0. The molecule has 3 aliphatic carbocycles. The van der Waals surface area contributed by atoms with Crippen LogP contribution in [0.2, 0.25) is 0 Å². The maximum atomic E-state index is 12.8. The average Bonchev–Trinajstić information content (AvgIpc) is 3.06. The van der Waals surface area contributed by atoms with Gasteiger partial charge in [-0.3, -0.25) is 38.6 Å². The molecule has 2 bridgehead atoms. The van der Waals surface area contributed by atoms with Crippen LogP contribution < -0.4 is 0 Å². The van der Waals surface area contributed by atoms with Crippen molar-refractivity contribution >= 4 is 35.6 Å². The van der Waals surface area contributed by atoms with Crippen LogP contribution >= 0.6 is 0 Å². The van der Waals surface area contributed by atoms with E-state index >= 15 is 0 Å². The van der Waals surface area contributed by atoms with Gasteiger partial charge in [0.05, 0.1) is 36.5 Å². The van der Waals surface area contributed by atoms with Crippen molar-refractivity contribution in [2.45, 2.75) is 12.8 Å². The number of aliphatic carboxylic acids is 2. The first-order valence-electron chi connectivity index (χ1n) is 9.06. The number of amides is 4. The number of rotatable bonds is 6. The number of nitrogens with zero attached hydrogens (tertiary/aromatic N) is 2. The SMILES string of the molecule is O=C(O)CCN1C(=O)[C@@H]2C3C=CC([C@H]2C1=O)[C@H]1C(=O)N(CCC(=O)O)C(=O)[C@H]31. The Bertz CT molecular complexity index is 737. The molecule has 0 aromatic heterocycles. The third kappa shape index (κ3) is 2.40. The van der Waals surface area contributed by atoms with Crippen LogP contribution in [0.25, 0.3) is 0 Å². The topological polar surface area (TPSA) is 149 Å². The first-order valence-corrected chi connectivity index (χ1v) is 9.06. The molecule has 2 saturated heterocycles. The zero-order chi connectivity index (χ0) is 20.3. The minimum Gasteiger partial charge on any atom is -0.481 e. The largest absolute Gasteiger partial charge is 0.481 e. The van der Waals surface area contributed by atoms with Crippen LogP contribution in [0.4, 0.5) is 0 Å². The molecular formula is C18H18N2O8. The summed E-state index contributed by atoms with van der Waals surface area (Å²) < 4.78 is 0. The lowest BCUT2D eigenvalue weighted by atomic mass is 9.54. The van der Waals surface area contributed by atoms with E-state index in [1.807, 2.05) is 0 Å². The van der Waals surface area contributed by atoms with Gasteiger partial charge < -0.3 is 10.2 Å². The molecule has 148 valence electrons. The van der Waals surface area contributed by atoms with Crippen molar-refractivity contribution in [3.63, 3.8) is 0 Å². The van der Waals surface area contributed by atoms with Crippen molar-refractivity contribution in [1.82, 2.24) is 9.80 Å². The summed E-state index contributed by atoms with van der Waals surface area (Å²) in [6.45, 7) is -0.469. The third-order valence-corrected chi connectivity index (χ3v) is 6.29. The number of likely N-dealkylation sites (tertiary alicyclic amines) is 2. The molecule has 10 heteroatoms. The fraction of sp³-hybridized carbons (Fsp3) is 0.556. The zero-order valence-corrected chi connectivity index (χ0v) is 14.7. The second kappa shape index (κ2) is 6.25. The van der Waals surface area contributed by atoms with Crippen molar-refractivity contribution in [2.24, 2.45) is 35.5 Å². The van der Waals surface area contributed by atoms with Crippen molar-refractivity contribution in [2.75, 3.05) is 13.1 Å². The normalized spacial score (nSPS) is 35.6. The highest BCUT2D eigenvalue weighted by molar-refractivity contribution is 6.11. The smallest absolute Gasteiger partial charge is 0.305 e. The molecule has 0 aromatic carbocycles. The summed E-state index contributed by atoms with van der Waals surface area (Å²) >= 11 is 0. The van der Waals surface area contributed by atoms with Crippen LogP contribution in [0.3, 0.4) is 0 Å². The first-order chi connectivity index (χ1) is 13.2. The molecule has 4 amide bonds. The van der Waals surface area contributed by atoms with E-state index in [9.17, 15) is 28.8 Å². The van der Waals surface area contributed by atoms with Gasteiger partial charge in [0.2, 0.25) is 23.6 Å². The number of carbonyl (C=O) groups is 6. The quantitative estimate of drug-likeness (QED) is 0.431. The first kappa shape index (κ1) is 18.3. The monoisotopic (exact) mass is 390 g/mol. The van der Waals surface area contributed by atoms with E-state index < -0.39 is 71.1 Å². The Balaban J connectivity index is 1.63. The van der Waals surface area contributed by atoms with Crippen LogP contribution in [0.5, 0.6) is 0 Å². The molecule has 2 heterocycles. The summed E-state index contributed by atoms with van der Waals surface area (Å²) in [6, 6.07) is 0. The predicted octanol–water partition coefficient (Wildman–Crippen LogP) is -1.05. The highest BCUT2D eigenvalue weighted by Gasteiger charge is 2.68. The molecule has 5 rings (SSSR count). The van der Waals surface area contributed by atoms with Gasteiger partial charge in [-0.05, 0) is 0 Å². The summed E-state index contributed by atoms with van der Waals surface area (Å²) in [5.74, 6) is -8.66. The fourth-order valence-electron chi connectivity index (χ4n) is 5.21. The molecule has 5 aliphatic rings. The molecular weight excluding hydrogens is 372 g/mol. The Labute approximate surface area is 158 Å². The lowest BCUT2D eigenvalue weighted by Gasteiger charge is -2.44. The number of hydrogen-bond acceptors (Lipinski definition) is 6. The molecule has 4 atom stereocenters. The summed E-state index contributed by atoms with van der Waals surface area (Å²) in [5, 5.41) is 17.7. The van der Waals surface area contributed by atoms with Crippen molar-refractivity contribution in [1.29, 1.82) is 0 Å². The van der Waals surface area contributed by atoms with Crippen LogP contribution in [0, 0.1) is 35.5 Å². The molecule has 0 unspecified atom stereocenters. The van der Waals surface area contributed by atoms with E-state index in [2.05, 4.69) is 0 Å². The summed E-state index contributed by atoms with van der Waals surface area (Å²) in [7, 11) is 0. The maximum absolute atomic E-state index is 12.8.